The van der Waals surface area contributed by atoms with E-state index < -0.39 is 5.97 Å². The second-order valence-electron chi connectivity index (χ2n) is 3.49. The van der Waals surface area contributed by atoms with Gasteiger partial charge in [-0.25, -0.2) is 4.79 Å². The largest absolute Gasteiger partial charge is 0.481 e. The van der Waals surface area contributed by atoms with Crippen molar-refractivity contribution in [1.82, 2.24) is 16.0 Å². The van der Waals surface area contributed by atoms with Gasteiger partial charge in [-0.3, -0.25) is 4.79 Å². The van der Waals surface area contributed by atoms with Crippen LogP contribution in [-0.4, -0.2) is 43.8 Å². The molecule has 16 heavy (non-hydrogen) atoms. The number of carboxylic acids is 1. The third kappa shape index (κ3) is 10.8. The van der Waals surface area contributed by atoms with Gasteiger partial charge < -0.3 is 21.1 Å². The molecule has 0 heterocycles. The highest BCUT2D eigenvalue weighted by Crippen LogP contribution is 1.92. The molecule has 0 rings (SSSR count). The van der Waals surface area contributed by atoms with Gasteiger partial charge in [-0.15, -0.1) is 0 Å². The smallest absolute Gasteiger partial charge is 0.314 e. The minimum atomic E-state index is -0.795. The van der Waals surface area contributed by atoms with E-state index in [4.69, 9.17) is 5.11 Å². The number of aliphatic carboxylic acids is 1. The fourth-order valence-electron chi connectivity index (χ4n) is 1.13. The van der Waals surface area contributed by atoms with Crippen LogP contribution in [0.25, 0.3) is 0 Å². The molecule has 0 aromatic carbocycles. The normalized spacial score (nSPS) is 9.81. The van der Waals surface area contributed by atoms with E-state index in [-0.39, 0.29) is 12.5 Å². The van der Waals surface area contributed by atoms with E-state index >= 15 is 0 Å². The topological polar surface area (TPSA) is 90.5 Å². The summed E-state index contributed by atoms with van der Waals surface area (Å²) in [6, 6.07) is -0.188. The average molecular weight is 231 g/mol. The molecule has 0 spiro atoms. The molecule has 0 saturated carbocycles. The molecule has 4 N–H and O–H groups in total. The molecule has 2 amide bonds. The Morgan fingerprint density at radius 3 is 2.19 bits per heavy atom. The number of unbranched alkanes of at least 4 members (excludes halogenated alkanes) is 1. The Kier molecular flexibility index (Phi) is 9.39. The molecule has 0 unspecified atom stereocenters. The van der Waals surface area contributed by atoms with Gasteiger partial charge in [0.2, 0.25) is 0 Å². The van der Waals surface area contributed by atoms with Gasteiger partial charge in [0.1, 0.15) is 0 Å². The summed E-state index contributed by atoms with van der Waals surface area (Å²) < 4.78 is 0. The number of carbonyl (C=O) groups excluding carboxylic acids is 1. The molecule has 0 aromatic heterocycles. The predicted molar refractivity (Wildman–Crippen MR) is 61.4 cm³/mol. The van der Waals surface area contributed by atoms with Crippen LogP contribution in [0.3, 0.4) is 0 Å². The van der Waals surface area contributed by atoms with Crippen LogP contribution in [0.4, 0.5) is 4.79 Å². The van der Waals surface area contributed by atoms with Crippen LogP contribution in [-0.2, 0) is 4.79 Å². The number of carboxylic acid groups (broad SMARTS) is 1. The monoisotopic (exact) mass is 231 g/mol. The first-order chi connectivity index (χ1) is 7.66. The van der Waals surface area contributed by atoms with Crippen molar-refractivity contribution in [2.45, 2.75) is 25.7 Å². The Hall–Kier alpha value is -1.30. The average Bonchev–Trinajstić information content (AvgIpc) is 2.23. The van der Waals surface area contributed by atoms with Crippen molar-refractivity contribution in [2.24, 2.45) is 0 Å². The Morgan fingerprint density at radius 1 is 1.00 bits per heavy atom. The molecule has 0 aromatic rings. The predicted octanol–water partition coefficient (Wildman–Crippen LogP) is 0.150. The number of carbonyl (C=O) groups is 2. The second kappa shape index (κ2) is 10.2. The SMILES string of the molecule is CNCCCNC(=O)NCCCCC(=O)O. The number of hydrogen-bond donors (Lipinski definition) is 4. The standard InChI is InChI=1S/C10H21N3O3/c1-11-6-4-8-13-10(16)12-7-3-2-5-9(14)15/h11H,2-8H2,1H3,(H,14,15)(H2,12,13,16). The molecule has 94 valence electrons. The van der Waals surface area contributed by atoms with Gasteiger partial charge in [0.15, 0.2) is 0 Å². The second-order valence-corrected chi connectivity index (χ2v) is 3.49. The number of hydrogen-bond acceptors (Lipinski definition) is 3. The van der Waals surface area contributed by atoms with Crippen molar-refractivity contribution in [3.63, 3.8) is 0 Å². The number of urea groups is 1. The zero-order valence-corrected chi connectivity index (χ0v) is 9.71. The first-order valence-electron chi connectivity index (χ1n) is 5.55. The highest BCUT2D eigenvalue weighted by molar-refractivity contribution is 5.73. The Bertz CT molecular complexity index is 209. The van der Waals surface area contributed by atoms with Crippen molar-refractivity contribution in [3.8, 4) is 0 Å². The molecule has 0 aliphatic rings. The van der Waals surface area contributed by atoms with Crippen molar-refractivity contribution in [3.05, 3.63) is 0 Å². The van der Waals surface area contributed by atoms with Crippen LogP contribution >= 0.6 is 0 Å². The third-order valence-electron chi connectivity index (χ3n) is 1.99. The van der Waals surface area contributed by atoms with E-state index in [1.54, 1.807) is 0 Å². The minimum absolute atomic E-state index is 0.158. The van der Waals surface area contributed by atoms with Gasteiger partial charge in [0, 0.05) is 19.5 Å². The highest BCUT2D eigenvalue weighted by atomic mass is 16.4. The van der Waals surface area contributed by atoms with Crippen molar-refractivity contribution >= 4 is 12.0 Å². The van der Waals surface area contributed by atoms with Gasteiger partial charge in [-0.1, -0.05) is 0 Å². The van der Waals surface area contributed by atoms with E-state index in [1.807, 2.05) is 7.05 Å². The fourth-order valence-corrected chi connectivity index (χ4v) is 1.13. The summed E-state index contributed by atoms with van der Waals surface area (Å²) in [5, 5.41) is 16.7. The van der Waals surface area contributed by atoms with E-state index in [2.05, 4.69) is 16.0 Å². The lowest BCUT2D eigenvalue weighted by atomic mass is 10.2. The molecule has 0 radical (unpaired) electrons. The van der Waals surface area contributed by atoms with E-state index in [0.717, 1.165) is 13.0 Å². The maximum atomic E-state index is 11.1. The summed E-state index contributed by atoms with van der Waals surface area (Å²) in [5.41, 5.74) is 0. The van der Waals surface area contributed by atoms with E-state index in [0.29, 0.717) is 25.9 Å². The molecular weight excluding hydrogens is 210 g/mol. The van der Waals surface area contributed by atoms with Crippen LogP contribution < -0.4 is 16.0 Å². The van der Waals surface area contributed by atoms with Crippen LogP contribution in [0.2, 0.25) is 0 Å². The van der Waals surface area contributed by atoms with E-state index in [9.17, 15) is 9.59 Å². The lowest BCUT2D eigenvalue weighted by Crippen LogP contribution is -2.37. The maximum Gasteiger partial charge on any atom is 0.314 e. The lowest BCUT2D eigenvalue weighted by Gasteiger charge is -2.06. The summed E-state index contributed by atoms with van der Waals surface area (Å²) >= 11 is 0. The maximum absolute atomic E-state index is 11.1. The zero-order chi connectivity index (χ0) is 12.2. The molecule has 0 fully saturated rings. The molecule has 0 aliphatic heterocycles. The molecule has 0 atom stereocenters. The summed E-state index contributed by atoms with van der Waals surface area (Å²) in [6.45, 7) is 2.03. The van der Waals surface area contributed by atoms with Crippen LogP contribution in [0, 0.1) is 0 Å². The summed E-state index contributed by atoms with van der Waals surface area (Å²) in [6.07, 6.45) is 2.33. The highest BCUT2D eigenvalue weighted by Gasteiger charge is 1.99. The van der Waals surface area contributed by atoms with Crippen LogP contribution in [0.1, 0.15) is 25.7 Å². The Labute approximate surface area is 95.8 Å². The molecule has 6 heteroatoms. The van der Waals surface area contributed by atoms with Crippen LogP contribution in [0.5, 0.6) is 0 Å². The number of nitrogens with one attached hydrogen (secondary N) is 3. The summed E-state index contributed by atoms with van der Waals surface area (Å²) in [4.78, 5) is 21.3. The van der Waals surface area contributed by atoms with Crippen molar-refractivity contribution in [2.75, 3.05) is 26.7 Å². The molecule has 0 saturated heterocycles. The molecule has 0 bridgehead atoms. The Balaban J connectivity index is 3.20. The third-order valence-corrected chi connectivity index (χ3v) is 1.99. The van der Waals surface area contributed by atoms with Gasteiger partial charge in [0.25, 0.3) is 0 Å². The van der Waals surface area contributed by atoms with E-state index in [1.165, 1.54) is 0 Å². The molecular formula is C10H21N3O3. The van der Waals surface area contributed by atoms with Crippen molar-refractivity contribution < 1.29 is 14.7 Å². The van der Waals surface area contributed by atoms with Gasteiger partial charge >= 0.3 is 12.0 Å². The first-order valence-corrected chi connectivity index (χ1v) is 5.55. The fraction of sp³-hybridized carbons (Fsp3) is 0.800. The number of amides is 2. The minimum Gasteiger partial charge on any atom is -0.481 e. The summed E-state index contributed by atoms with van der Waals surface area (Å²) in [7, 11) is 1.86. The Morgan fingerprint density at radius 2 is 1.62 bits per heavy atom. The van der Waals surface area contributed by atoms with Gasteiger partial charge in [-0.2, -0.15) is 0 Å². The van der Waals surface area contributed by atoms with Crippen molar-refractivity contribution in [1.29, 1.82) is 0 Å². The van der Waals surface area contributed by atoms with Gasteiger partial charge in [-0.05, 0) is 32.9 Å². The number of rotatable bonds is 9. The molecule has 6 nitrogen and oxygen atoms in total. The van der Waals surface area contributed by atoms with Gasteiger partial charge in [0.05, 0.1) is 0 Å². The lowest BCUT2D eigenvalue weighted by molar-refractivity contribution is -0.137. The molecule has 0 aliphatic carbocycles. The van der Waals surface area contributed by atoms with Crippen LogP contribution in [0.15, 0.2) is 0 Å². The summed E-state index contributed by atoms with van der Waals surface area (Å²) in [5.74, 6) is -0.795. The quantitative estimate of drug-likeness (QED) is 0.425. The zero-order valence-electron chi connectivity index (χ0n) is 9.71. The first kappa shape index (κ1) is 14.7.